The summed E-state index contributed by atoms with van der Waals surface area (Å²) >= 11 is 0. The van der Waals surface area contributed by atoms with Crippen LogP contribution in [0.25, 0.3) is 0 Å². The molecule has 2 aromatic carbocycles. The third kappa shape index (κ3) is 2.78. The molecule has 3 rings (SSSR count). The molecule has 0 radical (unpaired) electrons. The fraction of sp³-hybridized carbons (Fsp3) is 0.368. The maximum Gasteiger partial charge on any atom is 0.0908 e. The van der Waals surface area contributed by atoms with Gasteiger partial charge in [-0.15, -0.1) is 0 Å². The van der Waals surface area contributed by atoms with Gasteiger partial charge in [0.15, 0.2) is 0 Å². The predicted octanol–water partition coefficient (Wildman–Crippen LogP) is 4.40. The first-order chi connectivity index (χ1) is 9.65. The van der Waals surface area contributed by atoms with Crippen molar-refractivity contribution in [3.05, 3.63) is 71.3 Å². The summed E-state index contributed by atoms with van der Waals surface area (Å²) in [6.07, 6.45) is 4.65. The zero-order chi connectivity index (χ0) is 14.0. The molecule has 1 unspecified atom stereocenters. The molecule has 1 nitrogen and oxygen atoms in total. The van der Waals surface area contributed by atoms with E-state index in [1.807, 2.05) is 25.1 Å². The van der Waals surface area contributed by atoms with E-state index >= 15 is 0 Å². The summed E-state index contributed by atoms with van der Waals surface area (Å²) in [7, 11) is 0. The van der Waals surface area contributed by atoms with Crippen molar-refractivity contribution < 1.29 is 5.11 Å². The van der Waals surface area contributed by atoms with E-state index < -0.39 is 5.60 Å². The molecule has 1 N–H and O–H groups in total. The van der Waals surface area contributed by atoms with E-state index in [-0.39, 0.29) is 0 Å². The van der Waals surface area contributed by atoms with Gasteiger partial charge in [-0.3, -0.25) is 0 Å². The van der Waals surface area contributed by atoms with E-state index in [1.165, 1.54) is 30.4 Å². The highest BCUT2D eigenvalue weighted by Crippen LogP contribution is 2.37. The topological polar surface area (TPSA) is 20.2 Å². The van der Waals surface area contributed by atoms with E-state index in [1.54, 1.807) is 0 Å². The zero-order valence-electron chi connectivity index (χ0n) is 12.0. The molecule has 104 valence electrons. The van der Waals surface area contributed by atoms with Crippen LogP contribution in [-0.4, -0.2) is 5.11 Å². The molecule has 0 heterocycles. The van der Waals surface area contributed by atoms with Crippen LogP contribution in [0.3, 0.4) is 0 Å². The quantitative estimate of drug-likeness (QED) is 0.869. The van der Waals surface area contributed by atoms with Gasteiger partial charge < -0.3 is 5.11 Å². The third-order valence-electron chi connectivity index (χ3n) is 4.50. The molecule has 20 heavy (non-hydrogen) atoms. The molecule has 0 spiro atoms. The minimum Gasteiger partial charge on any atom is -0.385 e. The first kappa shape index (κ1) is 13.4. The Morgan fingerprint density at radius 2 is 1.65 bits per heavy atom. The SMILES string of the molecule is CC(O)(Cc1ccccc1)c1ccc(C2CCC2)cc1. The molecular weight excluding hydrogens is 244 g/mol. The normalized spacial score (nSPS) is 18.3. The van der Waals surface area contributed by atoms with Gasteiger partial charge >= 0.3 is 0 Å². The van der Waals surface area contributed by atoms with Crippen LogP contribution in [0.4, 0.5) is 0 Å². The maximum absolute atomic E-state index is 10.7. The van der Waals surface area contributed by atoms with Crippen LogP contribution >= 0.6 is 0 Å². The van der Waals surface area contributed by atoms with Crippen molar-refractivity contribution in [2.45, 2.75) is 44.1 Å². The lowest BCUT2D eigenvalue weighted by atomic mass is 9.79. The molecule has 0 aromatic heterocycles. The smallest absolute Gasteiger partial charge is 0.0908 e. The molecule has 0 aliphatic heterocycles. The van der Waals surface area contributed by atoms with Crippen LogP contribution in [-0.2, 0) is 12.0 Å². The number of benzene rings is 2. The Balaban J connectivity index is 1.76. The summed E-state index contributed by atoms with van der Waals surface area (Å²) in [5, 5.41) is 10.7. The molecule has 1 aliphatic carbocycles. The van der Waals surface area contributed by atoms with Crippen LogP contribution in [0, 0.1) is 0 Å². The van der Waals surface area contributed by atoms with Crippen molar-refractivity contribution in [3.8, 4) is 0 Å². The lowest BCUT2D eigenvalue weighted by molar-refractivity contribution is 0.0576. The van der Waals surface area contributed by atoms with Crippen LogP contribution in [0.1, 0.15) is 48.8 Å². The second kappa shape index (κ2) is 5.41. The van der Waals surface area contributed by atoms with Gasteiger partial charge in [-0.05, 0) is 42.4 Å². The molecule has 1 saturated carbocycles. The van der Waals surface area contributed by atoms with Gasteiger partial charge in [0.25, 0.3) is 0 Å². The van der Waals surface area contributed by atoms with Crippen molar-refractivity contribution >= 4 is 0 Å². The Bertz CT molecular complexity index is 550. The molecule has 1 atom stereocenters. The summed E-state index contributed by atoms with van der Waals surface area (Å²) in [5.74, 6) is 0.753. The number of aliphatic hydroxyl groups is 1. The second-order valence-corrected chi connectivity index (χ2v) is 6.19. The van der Waals surface area contributed by atoms with E-state index in [4.69, 9.17) is 0 Å². The lowest BCUT2D eigenvalue weighted by Crippen LogP contribution is -2.24. The number of rotatable bonds is 4. The summed E-state index contributed by atoms with van der Waals surface area (Å²) < 4.78 is 0. The molecular formula is C19H22O. The minimum atomic E-state index is -0.806. The highest BCUT2D eigenvalue weighted by Gasteiger charge is 2.25. The summed E-state index contributed by atoms with van der Waals surface area (Å²) in [6, 6.07) is 18.8. The van der Waals surface area contributed by atoms with E-state index in [2.05, 4.69) is 36.4 Å². The fourth-order valence-corrected chi connectivity index (χ4v) is 2.95. The van der Waals surface area contributed by atoms with Crippen molar-refractivity contribution in [3.63, 3.8) is 0 Å². The van der Waals surface area contributed by atoms with Gasteiger partial charge in [-0.2, -0.15) is 0 Å². The average molecular weight is 266 g/mol. The molecule has 2 aromatic rings. The Hall–Kier alpha value is -1.60. The molecule has 1 fully saturated rings. The average Bonchev–Trinajstić information content (AvgIpc) is 2.38. The molecule has 0 saturated heterocycles. The Labute approximate surface area is 121 Å². The molecule has 1 aliphatic rings. The highest BCUT2D eigenvalue weighted by atomic mass is 16.3. The standard InChI is InChI=1S/C19H22O/c1-19(20,14-15-6-3-2-4-7-15)18-12-10-17(11-13-18)16-8-5-9-16/h2-4,6-7,10-13,16,20H,5,8-9,14H2,1H3. The van der Waals surface area contributed by atoms with E-state index in [9.17, 15) is 5.11 Å². The predicted molar refractivity (Wildman–Crippen MR) is 82.8 cm³/mol. The van der Waals surface area contributed by atoms with Gasteiger partial charge in [0.05, 0.1) is 5.60 Å². The molecule has 0 bridgehead atoms. The van der Waals surface area contributed by atoms with Crippen molar-refractivity contribution in [2.75, 3.05) is 0 Å². The fourth-order valence-electron chi connectivity index (χ4n) is 2.95. The van der Waals surface area contributed by atoms with E-state index in [0.717, 1.165) is 11.5 Å². The molecule has 0 amide bonds. The Morgan fingerprint density at radius 3 is 2.20 bits per heavy atom. The zero-order valence-corrected chi connectivity index (χ0v) is 12.0. The van der Waals surface area contributed by atoms with Crippen LogP contribution in [0.2, 0.25) is 0 Å². The summed E-state index contributed by atoms with van der Waals surface area (Å²) in [4.78, 5) is 0. The maximum atomic E-state index is 10.7. The summed E-state index contributed by atoms with van der Waals surface area (Å²) in [5.41, 5.74) is 2.79. The molecule has 1 heteroatoms. The lowest BCUT2D eigenvalue weighted by Gasteiger charge is -2.28. The van der Waals surface area contributed by atoms with Gasteiger partial charge in [-0.1, -0.05) is 61.0 Å². The highest BCUT2D eigenvalue weighted by molar-refractivity contribution is 5.31. The largest absolute Gasteiger partial charge is 0.385 e. The van der Waals surface area contributed by atoms with Crippen LogP contribution in [0.15, 0.2) is 54.6 Å². The van der Waals surface area contributed by atoms with E-state index in [0.29, 0.717) is 6.42 Å². The summed E-state index contributed by atoms with van der Waals surface area (Å²) in [6.45, 7) is 1.90. The first-order valence-corrected chi connectivity index (χ1v) is 7.52. The number of hydrogen-bond donors (Lipinski definition) is 1. The van der Waals surface area contributed by atoms with Gasteiger partial charge in [0, 0.05) is 6.42 Å². The van der Waals surface area contributed by atoms with Gasteiger partial charge in [-0.25, -0.2) is 0 Å². The van der Waals surface area contributed by atoms with Crippen molar-refractivity contribution in [1.82, 2.24) is 0 Å². The first-order valence-electron chi connectivity index (χ1n) is 7.52. The third-order valence-corrected chi connectivity index (χ3v) is 4.50. The van der Waals surface area contributed by atoms with Gasteiger partial charge in [0.1, 0.15) is 0 Å². The van der Waals surface area contributed by atoms with Gasteiger partial charge in [0.2, 0.25) is 0 Å². The van der Waals surface area contributed by atoms with Crippen molar-refractivity contribution in [2.24, 2.45) is 0 Å². The van der Waals surface area contributed by atoms with Crippen LogP contribution < -0.4 is 0 Å². The minimum absolute atomic E-state index is 0.649. The second-order valence-electron chi connectivity index (χ2n) is 6.19. The van der Waals surface area contributed by atoms with Crippen molar-refractivity contribution in [1.29, 1.82) is 0 Å². The van der Waals surface area contributed by atoms with Crippen LogP contribution in [0.5, 0.6) is 0 Å². The monoisotopic (exact) mass is 266 g/mol. The Morgan fingerprint density at radius 1 is 1.00 bits per heavy atom. The Kier molecular flexibility index (Phi) is 3.62. The number of hydrogen-bond acceptors (Lipinski definition) is 1.